The van der Waals surface area contributed by atoms with Gasteiger partial charge in [0.1, 0.15) is 0 Å². The number of hydrogen-bond acceptors (Lipinski definition) is 7. The zero-order valence-corrected chi connectivity index (χ0v) is 21.2. The molecule has 208 valence electrons. The number of pyridine rings is 1. The Morgan fingerprint density at radius 1 is 0.949 bits per heavy atom. The van der Waals surface area contributed by atoms with Gasteiger partial charge < -0.3 is 27.4 Å². The van der Waals surface area contributed by atoms with Crippen LogP contribution in [0.4, 0.5) is 13.2 Å². The van der Waals surface area contributed by atoms with Crippen molar-refractivity contribution >= 4 is 28.5 Å². The number of nitrogens with two attached hydrogens (primary N) is 3. The van der Waals surface area contributed by atoms with Crippen molar-refractivity contribution in [3.8, 4) is 0 Å². The summed E-state index contributed by atoms with van der Waals surface area (Å²) in [4.78, 5) is 44.7. The summed E-state index contributed by atoms with van der Waals surface area (Å²) in [6.07, 6.45) is -3.19. The van der Waals surface area contributed by atoms with Crippen LogP contribution in [-0.2, 0) is 33.4 Å². The van der Waals surface area contributed by atoms with Gasteiger partial charge in [0, 0.05) is 44.2 Å². The Bertz CT molecular complexity index is 1290. The van der Waals surface area contributed by atoms with Gasteiger partial charge in [0.05, 0.1) is 17.1 Å². The Balaban J connectivity index is 1.82. The van der Waals surface area contributed by atoms with Crippen LogP contribution in [0.5, 0.6) is 0 Å². The molecule has 2 atom stereocenters. The number of amides is 2. The molecule has 12 heteroatoms. The van der Waals surface area contributed by atoms with E-state index in [1.165, 1.54) is 17.0 Å². The predicted molar refractivity (Wildman–Crippen MR) is 140 cm³/mol. The Kier molecular flexibility index (Phi) is 10.1. The van der Waals surface area contributed by atoms with E-state index in [1.54, 1.807) is 12.3 Å². The number of carbonyl (C=O) groups is 3. The molecule has 1 heterocycles. The predicted octanol–water partition coefficient (Wildman–Crippen LogP) is 1.17. The van der Waals surface area contributed by atoms with Crippen molar-refractivity contribution in [3.63, 3.8) is 0 Å². The van der Waals surface area contributed by atoms with E-state index in [0.717, 1.165) is 23.0 Å². The number of fused-ring (bicyclic) bond motifs is 1. The second-order valence-corrected chi connectivity index (χ2v) is 9.02. The van der Waals surface area contributed by atoms with E-state index in [-0.39, 0.29) is 39.0 Å². The standard InChI is InChI=1S/C27H31F3N6O3/c28-27(29,30)20-7-5-17(6-8-20)14-22(35-25(38)24(33)26(39)36(11-9-31)12-10-32)23(37)15-18-13-19-3-1-2-4-21(19)34-16-18/h1-8,13,16,22,24H,9-12,14-15,31-33H2,(H,35,38)/t22-,24?/m0/s1. The second-order valence-electron chi connectivity index (χ2n) is 9.02. The lowest BCUT2D eigenvalue weighted by Gasteiger charge is -2.25. The summed E-state index contributed by atoms with van der Waals surface area (Å²) in [7, 11) is 0. The molecule has 3 aromatic rings. The van der Waals surface area contributed by atoms with Gasteiger partial charge in [-0.25, -0.2) is 0 Å². The van der Waals surface area contributed by atoms with Crippen LogP contribution in [0, 0.1) is 0 Å². The average Bonchev–Trinajstić information content (AvgIpc) is 2.91. The lowest BCUT2D eigenvalue weighted by molar-refractivity contribution is -0.139. The summed E-state index contributed by atoms with van der Waals surface area (Å²) < 4.78 is 39.0. The number of aromatic nitrogens is 1. The first-order valence-corrected chi connectivity index (χ1v) is 12.3. The summed E-state index contributed by atoms with van der Waals surface area (Å²) in [6.45, 7) is 0.545. The highest BCUT2D eigenvalue weighted by Gasteiger charge is 2.32. The number of hydrogen-bond donors (Lipinski definition) is 4. The van der Waals surface area contributed by atoms with Crippen molar-refractivity contribution in [3.05, 3.63) is 77.5 Å². The lowest BCUT2D eigenvalue weighted by Crippen LogP contribution is -2.57. The summed E-state index contributed by atoms with van der Waals surface area (Å²) in [5.41, 5.74) is 17.8. The molecule has 0 saturated carbocycles. The third-order valence-corrected chi connectivity index (χ3v) is 6.11. The molecule has 0 aliphatic heterocycles. The highest BCUT2D eigenvalue weighted by molar-refractivity contribution is 6.05. The Morgan fingerprint density at radius 2 is 1.59 bits per heavy atom. The highest BCUT2D eigenvalue weighted by atomic mass is 19.4. The van der Waals surface area contributed by atoms with Crippen LogP contribution in [0.1, 0.15) is 16.7 Å². The fourth-order valence-electron chi connectivity index (χ4n) is 4.06. The SMILES string of the molecule is NCCN(CCN)C(=O)C(N)C(=O)N[C@@H](Cc1ccc(C(F)(F)F)cc1)C(=O)Cc1cnc2ccccc2c1. The summed E-state index contributed by atoms with van der Waals surface area (Å²) >= 11 is 0. The van der Waals surface area contributed by atoms with Crippen molar-refractivity contribution in [2.24, 2.45) is 17.2 Å². The van der Waals surface area contributed by atoms with Crippen molar-refractivity contribution in [1.82, 2.24) is 15.2 Å². The number of benzene rings is 2. The van der Waals surface area contributed by atoms with Crippen molar-refractivity contribution in [1.29, 1.82) is 0 Å². The van der Waals surface area contributed by atoms with Crippen LogP contribution in [-0.4, -0.2) is 65.7 Å². The first-order valence-electron chi connectivity index (χ1n) is 12.3. The largest absolute Gasteiger partial charge is 0.416 e. The van der Waals surface area contributed by atoms with E-state index in [2.05, 4.69) is 10.3 Å². The van der Waals surface area contributed by atoms with Gasteiger partial charge in [0.25, 0.3) is 0 Å². The number of para-hydroxylation sites is 1. The third-order valence-electron chi connectivity index (χ3n) is 6.11. The van der Waals surface area contributed by atoms with Crippen LogP contribution < -0.4 is 22.5 Å². The van der Waals surface area contributed by atoms with Gasteiger partial charge in [0.2, 0.25) is 11.8 Å². The summed E-state index contributed by atoms with van der Waals surface area (Å²) in [5, 5.41) is 3.34. The fourth-order valence-corrected chi connectivity index (χ4v) is 4.06. The number of alkyl halides is 3. The first kappa shape index (κ1) is 29.7. The molecule has 3 rings (SSSR count). The maximum absolute atomic E-state index is 13.4. The van der Waals surface area contributed by atoms with Crippen LogP contribution in [0.3, 0.4) is 0 Å². The van der Waals surface area contributed by atoms with Crippen molar-refractivity contribution in [2.45, 2.75) is 31.1 Å². The maximum atomic E-state index is 13.4. The van der Waals surface area contributed by atoms with Gasteiger partial charge in [-0.2, -0.15) is 13.2 Å². The molecule has 0 aliphatic rings. The topological polar surface area (TPSA) is 157 Å². The average molecular weight is 545 g/mol. The normalized spacial score (nSPS) is 13.1. The molecule has 0 fully saturated rings. The Morgan fingerprint density at radius 3 is 2.21 bits per heavy atom. The molecule has 0 aliphatic carbocycles. The molecule has 0 spiro atoms. The van der Waals surface area contributed by atoms with Gasteiger partial charge in [0.15, 0.2) is 11.8 Å². The second kappa shape index (κ2) is 13.3. The number of rotatable bonds is 12. The lowest BCUT2D eigenvalue weighted by atomic mass is 9.96. The van der Waals surface area contributed by atoms with Crippen LogP contribution in [0.25, 0.3) is 10.9 Å². The molecule has 0 bridgehead atoms. The zero-order chi connectivity index (χ0) is 28.6. The van der Waals surface area contributed by atoms with E-state index in [4.69, 9.17) is 17.2 Å². The maximum Gasteiger partial charge on any atom is 0.416 e. The van der Waals surface area contributed by atoms with Crippen molar-refractivity contribution < 1.29 is 27.6 Å². The Labute approximate surface area is 223 Å². The van der Waals surface area contributed by atoms with Crippen LogP contribution >= 0.6 is 0 Å². The number of nitrogens with zero attached hydrogens (tertiary/aromatic N) is 2. The van der Waals surface area contributed by atoms with Crippen LogP contribution in [0.2, 0.25) is 0 Å². The van der Waals surface area contributed by atoms with Crippen molar-refractivity contribution in [2.75, 3.05) is 26.2 Å². The van der Waals surface area contributed by atoms with E-state index < -0.39 is 41.4 Å². The minimum Gasteiger partial charge on any atom is -0.344 e. The molecule has 1 aromatic heterocycles. The minimum atomic E-state index is -4.52. The zero-order valence-electron chi connectivity index (χ0n) is 21.2. The summed E-state index contributed by atoms with van der Waals surface area (Å²) in [5.74, 6) is -2.04. The quantitative estimate of drug-likeness (QED) is 0.249. The first-order chi connectivity index (χ1) is 18.5. The molecule has 2 aromatic carbocycles. The van der Waals surface area contributed by atoms with Crippen LogP contribution in [0.15, 0.2) is 60.8 Å². The van der Waals surface area contributed by atoms with E-state index in [0.29, 0.717) is 11.1 Å². The third kappa shape index (κ3) is 8.06. The molecular weight excluding hydrogens is 513 g/mol. The van der Waals surface area contributed by atoms with E-state index >= 15 is 0 Å². The molecule has 39 heavy (non-hydrogen) atoms. The smallest absolute Gasteiger partial charge is 0.344 e. The molecule has 1 unspecified atom stereocenters. The van der Waals surface area contributed by atoms with Gasteiger partial charge in [-0.3, -0.25) is 19.4 Å². The minimum absolute atomic E-state index is 0.111. The van der Waals surface area contributed by atoms with Gasteiger partial charge in [-0.15, -0.1) is 0 Å². The number of Topliss-reactive ketones (excluding diaryl/α,β-unsaturated/α-hetero) is 1. The van der Waals surface area contributed by atoms with Gasteiger partial charge in [-0.1, -0.05) is 30.3 Å². The Hall–Kier alpha value is -3.87. The number of halogens is 3. The highest BCUT2D eigenvalue weighted by Crippen LogP contribution is 2.29. The molecule has 7 N–H and O–H groups in total. The molecule has 2 amide bonds. The summed E-state index contributed by atoms with van der Waals surface area (Å²) in [6, 6.07) is 10.6. The fraction of sp³-hybridized carbons (Fsp3) is 0.333. The van der Waals surface area contributed by atoms with Gasteiger partial charge in [-0.05, 0) is 41.8 Å². The number of nitrogens with one attached hydrogen (secondary N) is 1. The molecule has 9 nitrogen and oxygen atoms in total. The monoisotopic (exact) mass is 544 g/mol. The number of carbonyl (C=O) groups excluding carboxylic acids is 3. The molecule has 0 radical (unpaired) electrons. The molecular formula is C27H31F3N6O3. The van der Waals surface area contributed by atoms with E-state index in [9.17, 15) is 27.6 Å². The molecule has 0 saturated heterocycles. The van der Waals surface area contributed by atoms with Gasteiger partial charge >= 0.3 is 6.18 Å². The van der Waals surface area contributed by atoms with E-state index in [1.807, 2.05) is 24.3 Å². The number of ketones is 1.